The number of nitrogens with one attached hydrogen (secondary N) is 1. The van der Waals surface area contributed by atoms with E-state index >= 15 is 0 Å². The van der Waals surface area contributed by atoms with Crippen molar-refractivity contribution in [3.8, 4) is 0 Å². The van der Waals surface area contributed by atoms with Crippen LogP contribution in [0.1, 0.15) is 49.7 Å². The van der Waals surface area contributed by atoms with Gasteiger partial charge >= 0.3 is 6.18 Å². The molecule has 170 valence electrons. The monoisotopic (exact) mass is 437 g/mol. The Kier molecular flexibility index (Phi) is 7.75. The Labute approximate surface area is 181 Å². The molecule has 1 aromatic rings. The number of carbonyl (C=O) groups is 2. The van der Waals surface area contributed by atoms with Crippen LogP contribution in [-0.4, -0.2) is 60.4 Å². The van der Waals surface area contributed by atoms with Crippen molar-refractivity contribution in [2.45, 2.75) is 56.8 Å². The predicted octanol–water partition coefficient (Wildman–Crippen LogP) is 3.70. The first kappa shape index (κ1) is 23.3. The lowest BCUT2D eigenvalue weighted by Crippen LogP contribution is -2.49. The van der Waals surface area contributed by atoms with Gasteiger partial charge in [-0.3, -0.25) is 9.59 Å². The lowest BCUT2D eigenvalue weighted by atomic mass is 10.0. The first-order valence-electron chi connectivity index (χ1n) is 10.9. The van der Waals surface area contributed by atoms with Crippen molar-refractivity contribution >= 4 is 17.9 Å². The van der Waals surface area contributed by atoms with Gasteiger partial charge in [-0.1, -0.05) is 25.0 Å². The van der Waals surface area contributed by atoms with E-state index < -0.39 is 17.6 Å². The molecule has 1 heterocycles. The quantitative estimate of drug-likeness (QED) is 0.691. The zero-order chi connectivity index (χ0) is 22.4. The summed E-state index contributed by atoms with van der Waals surface area (Å²) in [6.07, 6.45) is 5.00. The van der Waals surface area contributed by atoms with Crippen LogP contribution in [0, 0.1) is 0 Å². The van der Waals surface area contributed by atoms with E-state index in [-0.39, 0.29) is 18.0 Å². The third kappa shape index (κ3) is 6.56. The zero-order valence-corrected chi connectivity index (χ0v) is 17.8. The highest BCUT2D eigenvalue weighted by Gasteiger charge is 2.31. The van der Waals surface area contributed by atoms with Gasteiger partial charge in [0.2, 0.25) is 11.8 Å². The van der Waals surface area contributed by atoms with E-state index in [0.717, 1.165) is 31.1 Å². The smallest absolute Gasteiger partial charge is 0.343 e. The molecule has 1 saturated heterocycles. The van der Waals surface area contributed by atoms with Crippen molar-refractivity contribution in [1.82, 2.24) is 15.1 Å². The van der Waals surface area contributed by atoms with Gasteiger partial charge in [-0.05, 0) is 56.5 Å². The van der Waals surface area contributed by atoms with Gasteiger partial charge in [-0.15, -0.1) is 0 Å². The highest BCUT2D eigenvalue weighted by atomic mass is 19.4. The maximum Gasteiger partial charge on any atom is 0.416 e. The van der Waals surface area contributed by atoms with Crippen molar-refractivity contribution in [2.24, 2.45) is 0 Å². The molecule has 2 aliphatic rings. The zero-order valence-electron chi connectivity index (χ0n) is 17.8. The standard InChI is InChI=1S/C23H30F3N3O2/c1-28(19-7-2-3-8-19)20-11-13-29(14-12-20)22(31)16-27-21(30)10-9-17-5-4-6-18(15-17)23(24,25)26/h4-6,9-10,15,19-20H,2-3,7-8,11-14,16H2,1H3,(H,27,30)/b10-9+. The maximum absolute atomic E-state index is 12.8. The summed E-state index contributed by atoms with van der Waals surface area (Å²) >= 11 is 0. The molecule has 1 aromatic carbocycles. The van der Waals surface area contributed by atoms with Gasteiger partial charge in [-0.2, -0.15) is 13.2 Å². The molecule has 8 heteroatoms. The molecule has 31 heavy (non-hydrogen) atoms. The molecule has 0 atom stereocenters. The fourth-order valence-electron chi connectivity index (χ4n) is 4.46. The third-order valence-electron chi connectivity index (χ3n) is 6.35. The second-order valence-corrected chi connectivity index (χ2v) is 8.39. The minimum Gasteiger partial charge on any atom is -0.343 e. The van der Waals surface area contributed by atoms with E-state index in [1.807, 2.05) is 0 Å². The van der Waals surface area contributed by atoms with Gasteiger partial charge in [0.1, 0.15) is 0 Å². The lowest BCUT2D eigenvalue weighted by Gasteiger charge is -2.39. The van der Waals surface area contributed by atoms with Crippen LogP contribution < -0.4 is 5.32 Å². The summed E-state index contributed by atoms with van der Waals surface area (Å²) in [6, 6.07) is 5.88. The Balaban J connectivity index is 1.41. The SMILES string of the molecule is CN(C1CCCC1)C1CCN(C(=O)CNC(=O)/C=C/c2cccc(C(F)(F)F)c2)CC1. The summed E-state index contributed by atoms with van der Waals surface area (Å²) in [7, 11) is 2.19. The molecule has 0 unspecified atom stereocenters. The summed E-state index contributed by atoms with van der Waals surface area (Å²) in [5.41, 5.74) is -0.503. The molecule has 3 rings (SSSR count). The van der Waals surface area contributed by atoms with Crippen LogP contribution in [0.25, 0.3) is 6.08 Å². The molecule has 1 N–H and O–H groups in total. The molecule has 5 nitrogen and oxygen atoms in total. The molecule has 0 aromatic heterocycles. The van der Waals surface area contributed by atoms with E-state index in [9.17, 15) is 22.8 Å². The number of rotatable bonds is 6. The molecule has 0 spiro atoms. The van der Waals surface area contributed by atoms with Crippen molar-refractivity contribution in [2.75, 3.05) is 26.7 Å². The highest BCUT2D eigenvalue weighted by Crippen LogP contribution is 2.30. The largest absolute Gasteiger partial charge is 0.416 e. The second-order valence-electron chi connectivity index (χ2n) is 8.39. The number of hydrogen-bond acceptors (Lipinski definition) is 3. The second kappa shape index (κ2) is 10.3. The summed E-state index contributed by atoms with van der Waals surface area (Å²) in [5, 5.41) is 2.52. The van der Waals surface area contributed by atoms with Crippen LogP contribution in [-0.2, 0) is 15.8 Å². The normalized spacial score (nSPS) is 18.8. The molecule has 1 aliphatic carbocycles. The van der Waals surface area contributed by atoms with Crippen molar-refractivity contribution in [3.63, 3.8) is 0 Å². The fourth-order valence-corrected chi connectivity index (χ4v) is 4.46. The molecule has 2 amide bonds. The van der Waals surface area contributed by atoms with Crippen LogP contribution in [0.15, 0.2) is 30.3 Å². The van der Waals surface area contributed by atoms with Gasteiger partial charge in [0.25, 0.3) is 0 Å². The van der Waals surface area contributed by atoms with E-state index in [1.165, 1.54) is 43.9 Å². The van der Waals surface area contributed by atoms with Gasteiger partial charge in [0.15, 0.2) is 0 Å². The highest BCUT2D eigenvalue weighted by molar-refractivity contribution is 5.94. The van der Waals surface area contributed by atoms with Gasteiger partial charge in [0.05, 0.1) is 12.1 Å². The van der Waals surface area contributed by atoms with Crippen molar-refractivity contribution in [1.29, 1.82) is 0 Å². The third-order valence-corrected chi connectivity index (χ3v) is 6.35. The van der Waals surface area contributed by atoms with Crippen LogP contribution in [0.3, 0.4) is 0 Å². The fraction of sp³-hybridized carbons (Fsp3) is 0.565. The summed E-state index contributed by atoms with van der Waals surface area (Å²) < 4.78 is 38.3. The van der Waals surface area contributed by atoms with Crippen LogP contribution in [0.4, 0.5) is 13.2 Å². The number of benzene rings is 1. The minimum atomic E-state index is -4.43. The van der Waals surface area contributed by atoms with E-state index in [1.54, 1.807) is 4.90 Å². The number of amides is 2. The number of carbonyl (C=O) groups excluding carboxylic acids is 2. The van der Waals surface area contributed by atoms with Crippen LogP contribution in [0.5, 0.6) is 0 Å². The molecule has 2 fully saturated rings. The summed E-state index contributed by atoms with van der Waals surface area (Å²) in [4.78, 5) is 28.6. The average molecular weight is 438 g/mol. The number of piperidine rings is 1. The van der Waals surface area contributed by atoms with E-state index in [4.69, 9.17) is 0 Å². The van der Waals surface area contributed by atoms with E-state index in [0.29, 0.717) is 25.2 Å². The molecule has 0 radical (unpaired) electrons. The topological polar surface area (TPSA) is 52.6 Å². The number of hydrogen-bond donors (Lipinski definition) is 1. The lowest BCUT2D eigenvalue weighted by molar-refractivity contribution is -0.137. The van der Waals surface area contributed by atoms with Crippen LogP contribution >= 0.6 is 0 Å². The molecular formula is C23H30F3N3O2. The first-order valence-corrected chi connectivity index (χ1v) is 10.9. The molecule has 1 saturated carbocycles. The van der Waals surface area contributed by atoms with Crippen molar-refractivity contribution in [3.05, 3.63) is 41.5 Å². The van der Waals surface area contributed by atoms with Gasteiger partial charge in [0, 0.05) is 31.2 Å². The van der Waals surface area contributed by atoms with E-state index in [2.05, 4.69) is 17.3 Å². The summed E-state index contributed by atoms with van der Waals surface area (Å²) in [5.74, 6) is -0.649. The molecule has 1 aliphatic heterocycles. The van der Waals surface area contributed by atoms with Crippen LogP contribution in [0.2, 0.25) is 0 Å². The average Bonchev–Trinajstić information content (AvgIpc) is 3.30. The maximum atomic E-state index is 12.8. The Bertz CT molecular complexity index is 796. The number of nitrogens with zero attached hydrogens (tertiary/aromatic N) is 2. The summed E-state index contributed by atoms with van der Waals surface area (Å²) in [6.45, 7) is 1.24. The van der Waals surface area contributed by atoms with Crippen molar-refractivity contribution < 1.29 is 22.8 Å². The van der Waals surface area contributed by atoms with Gasteiger partial charge in [-0.25, -0.2) is 0 Å². The predicted molar refractivity (Wildman–Crippen MR) is 113 cm³/mol. The molecular weight excluding hydrogens is 407 g/mol. The Morgan fingerprint density at radius 1 is 1.13 bits per heavy atom. The Morgan fingerprint density at radius 3 is 2.42 bits per heavy atom. The number of halogens is 3. The molecule has 0 bridgehead atoms. The number of alkyl halides is 3. The minimum absolute atomic E-state index is 0.116. The number of likely N-dealkylation sites (tertiary alicyclic amines) is 1. The Hall–Kier alpha value is -2.35. The Morgan fingerprint density at radius 2 is 1.77 bits per heavy atom. The van der Waals surface area contributed by atoms with Gasteiger partial charge < -0.3 is 15.1 Å². The first-order chi connectivity index (χ1) is 14.7.